The third kappa shape index (κ3) is 3.87. The molecule has 0 aromatic heterocycles. The highest BCUT2D eigenvalue weighted by Gasteiger charge is 2.33. The van der Waals surface area contributed by atoms with E-state index in [0.717, 1.165) is 18.6 Å². The lowest BCUT2D eigenvalue weighted by atomic mass is 9.75. The summed E-state index contributed by atoms with van der Waals surface area (Å²) < 4.78 is 31.0. The molecule has 0 aliphatic carbocycles. The van der Waals surface area contributed by atoms with Crippen LogP contribution in [0, 0.1) is 11.2 Å². The van der Waals surface area contributed by atoms with Gasteiger partial charge in [0.25, 0.3) is 0 Å². The van der Waals surface area contributed by atoms with Crippen LogP contribution in [0.4, 0.5) is 4.39 Å². The van der Waals surface area contributed by atoms with Crippen LogP contribution in [0.15, 0.2) is 18.2 Å². The first-order chi connectivity index (χ1) is 10.5. The van der Waals surface area contributed by atoms with Crippen molar-refractivity contribution >= 4 is 12.6 Å². The fourth-order valence-electron chi connectivity index (χ4n) is 2.75. The predicted molar refractivity (Wildman–Crippen MR) is 83.6 cm³/mol. The third-order valence-electron chi connectivity index (χ3n) is 4.09. The first-order valence-corrected chi connectivity index (χ1v) is 7.85. The van der Waals surface area contributed by atoms with Crippen molar-refractivity contribution < 1.29 is 18.4 Å². The van der Waals surface area contributed by atoms with Gasteiger partial charge in [-0.3, -0.25) is 4.90 Å². The van der Waals surface area contributed by atoms with Crippen molar-refractivity contribution in [2.45, 2.75) is 20.4 Å². The van der Waals surface area contributed by atoms with Gasteiger partial charge < -0.3 is 14.0 Å². The molecule has 120 valence electrons. The van der Waals surface area contributed by atoms with Gasteiger partial charge in [0.05, 0.1) is 13.2 Å². The van der Waals surface area contributed by atoms with Crippen LogP contribution in [0.1, 0.15) is 19.4 Å². The molecule has 2 aliphatic rings. The van der Waals surface area contributed by atoms with Crippen LogP contribution in [0.3, 0.4) is 0 Å². The Labute approximate surface area is 131 Å². The molecule has 2 fully saturated rings. The summed E-state index contributed by atoms with van der Waals surface area (Å²) in [5, 5.41) is 0. The molecular formula is C16H23BFNO3. The predicted octanol–water partition coefficient (Wildman–Crippen LogP) is 1.43. The third-order valence-corrected chi connectivity index (χ3v) is 4.09. The van der Waals surface area contributed by atoms with E-state index in [1.165, 1.54) is 6.07 Å². The molecule has 0 N–H and O–H groups in total. The summed E-state index contributed by atoms with van der Waals surface area (Å²) in [6.45, 7) is 9.22. The summed E-state index contributed by atoms with van der Waals surface area (Å²) in [5.74, 6) is -0.175. The number of halogens is 1. The van der Waals surface area contributed by atoms with Crippen LogP contribution in [-0.2, 0) is 20.6 Å². The van der Waals surface area contributed by atoms with E-state index in [1.807, 2.05) is 6.07 Å². The average Bonchev–Trinajstić information content (AvgIpc) is 2.51. The smallest absolute Gasteiger partial charge is 0.407 e. The standard InChI is InChI=1S/C16H23BFNO3/c1-16(2)11-21-17(22-12-16)14-3-4-15(18)13(9-14)10-19-5-7-20-8-6-19/h3-4,9H,5-8,10-12H2,1-2H3. The second kappa shape index (κ2) is 6.66. The highest BCUT2D eigenvalue weighted by Crippen LogP contribution is 2.21. The Balaban J connectivity index is 1.69. The number of benzene rings is 1. The molecule has 6 heteroatoms. The topological polar surface area (TPSA) is 30.9 Å². The molecule has 2 aliphatic heterocycles. The minimum absolute atomic E-state index is 0.0349. The van der Waals surface area contributed by atoms with Crippen molar-refractivity contribution in [3.63, 3.8) is 0 Å². The lowest BCUT2D eigenvalue weighted by molar-refractivity contribution is 0.0332. The molecule has 4 nitrogen and oxygen atoms in total. The molecule has 1 aromatic carbocycles. The molecule has 2 heterocycles. The fourth-order valence-corrected chi connectivity index (χ4v) is 2.75. The second-order valence-corrected chi connectivity index (χ2v) is 6.86. The number of hydrogen-bond donors (Lipinski definition) is 0. The van der Waals surface area contributed by atoms with Crippen LogP contribution in [0.5, 0.6) is 0 Å². The SMILES string of the molecule is CC1(C)COB(c2ccc(F)c(CN3CCOCC3)c2)OC1. The van der Waals surface area contributed by atoms with Crippen molar-refractivity contribution in [1.82, 2.24) is 4.90 Å². The van der Waals surface area contributed by atoms with Gasteiger partial charge >= 0.3 is 7.12 Å². The Morgan fingerprint density at radius 1 is 1.18 bits per heavy atom. The van der Waals surface area contributed by atoms with E-state index in [9.17, 15) is 4.39 Å². The molecule has 3 rings (SSSR count). The largest absolute Gasteiger partial charge is 0.493 e. The van der Waals surface area contributed by atoms with Crippen LogP contribution < -0.4 is 5.46 Å². The lowest BCUT2D eigenvalue weighted by Crippen LogP contribution is -2.47. The molecule has 0 unspecified atom stereocenters. The van der Waals surface area contributed by atoms with E-state index in [4.69, 9.17) is 14.0 Å². The Bertz CT molecular complexity index is 510. The monoisotopic (exact) mass is 307 g/mol. The quantitative estimate of drug-likeness (QED) is 0.791. The van der Waals surface area contributed by atoms with E-state index >= 15 is 0 Å². The number of nitrogens with zero attached hydrogens (tertiary/aromatic N) is 1. The summed E-state index contributed by atoms with van der Waals surface area (Å²) >= 11 is 0. The molecule has 0 spiro atoms. The van der Waals surface area contributed by atoms with Gasteiger partial charge in [-0.15, -0.1) is 0 Å². The number of hydrogen-bond acceptors (Lipinski definition) is 4. The zero-order valence-electron chi connectivity index (χ0n) is 13.3. The minimum atomic E-state index is -0.392. The maximum Gasteiger partial charge on any atom is 0.493 e. The van der Waals surface area contributed by atoms with Crippen molar-refractivity contribution in [2.24, 2.45) is 5.41 Å². The van der Waals surface area contributed by atoms with Crippen molar-refractivity contribution in [1.29, 1.82) is 0 Å². The summed E-state index contributed by atoms with van der Waals surface area (Å²) in [7, 11) is -0.392. The molecule has 0 amide bonds. The van der Waals surface area contributed by atoms with E-state index < -0.39 is 7.12 Å². The van der Waals surface area contributed by atoms with Crippen LogP contribution in [-0.4, -0.2) is 51.5 Å². The van der Waals surface area contributed by atoms with E-state index in [2.05, 4.69) is 18.7 Å². The number of rotatable bonds is 3. The van der Waals surface area contributed by atoms with Gasteiger partial charge in [0.2, 0.25) is 0 Å². The highest BCUT2D eigenvalue weighted by atomic mass is 19.1. The van der Waals surface area contributed by atoms with E-state index in [0.29, 0.717) is 38.5 Å². The normalized spacial score (nSPS) is 22.8. The first kappa shape index (κ1) is 15.9. The zero-order valence-corrected chi connectivity index (χ0v) is 13.3. The summed E-state index contributed by atoms with van der Waals surface area (Å²) in [5.41, 5.74) is 1.62. The van der Waals surface area contributed by atoms with E-state index in [1.54, 1.807) is 6.07 Å². The van der Waals surface area contributed by atoms with Gasteiger partial charge in [-0.2, -0.15) is 0 Å². The van der Waals surface area contributed by atoms with Crippen LogP contribution >= 0.6 is 0 Å². The van der Waals surface area contributed by atoms with Crippen molar-refractivity contribution in [3.05, 3.63) is 29.6 Å². The van der Waals surface area contributed by atoms with Crippen LogP contribution in [0.25, 0.3) is 0 Å². The first-order valence-electron chi connectivity index (χ1n) is 7.85. The molecule has 0 saturated carbocycles. The minimum Gasteiger partial charge on any atom is -0.407 e. The summed E-state index contributed by atoms with van der Waals surface area (Å²) in [6, 6.07) is 5.13. The van der Waals surface area contributed by atoms with Gasteiger partial charge in [-0.05, 0) is 11.5 Å². The van der Waals surface area contributed by atoms with Crippen molar-refractivity contribution in [2.75, 3.05) is 39.5 Å². The molecule has 0 bridgehead atoms. The highest BCUT2D eigenvalue weighted by molar-refractivity contribution is 6.61. The fraction of sp³-hybridized carbons (Fsp3) is 0.625. The molecule has 1 aromatic rings. The van der Waals surface area contributed by atoms with E-state index in [-0.39, 0.29) is 11.2 Å². The van der Waals surface area contributed by atoms with Gasteiger partial charge in [0.15, 0.2) is 0 Å². The van der Waals surface area contributed by atoms with Crippen LogP contribution in [0.2, 0.25) is 0 Å². The zero-order chi connectivity index (χ0) is 15.6. The number of ether oxygens (including phenoxy) is 1. The number of morpholine rings is 1. The molecule has 0 atom stereocenters. The Morgan fingerprint density at radius 3 is 2.55 bits per heavy atom. The molecular weight excluding hydrogens is 284 g/mol. The van der Waals surface area contributed by atoms with Gasteiger partial charge in [-0.25, -0.2) is 4.39 Å². The Hall–Kier alpha value is -0.945. The van der Waals surface area contributed by atoms with Crippen molar-refractivity contribution in [3.8, 4) is 0 Å². The lowest BCUT2D eigenvalue weighted by Gasteiger charge is -2.33. The average molecular weight is 307 g/mol. The van der Waals surface area contributed by atoms with Gasteiger partial charge in [-0.1, -0.05) is 26.0 Å². The summed E-state index contributed by atoms with van der Waals surface area (Å²) in [4.78, 5) is 2.21. The maximum absolute atomic E-state index is 14.1. The second-order valence-electron chi connectivity index (χ2n) is 6.86. The Kier molecular flexibility index (Phi) is 4.83. The Morgan fingerprint density at radius 2 is 1.86 bits per heavy atom. The molecule has 2 saturated heterocycles. The van der Waals surface area contributed by atoms with Gasteiger partial charge in [0.1, 0.15) is 5.82 Å². The molecule has 0 radical (unpaired) electrons. The van der Waals surface area contributed by atoms with Gasteiger partial charge in [0, 0.05) is 43.8 Å². The summed E-state index contributed by atoms with van der Waals surface area (Å²) in [6.07, 6.45) is 0. The molecule has 22 heavy (non-hydrogen) atoms. The maximum atomic E-state index is 14.1.